The van der Waals surface area contributed by atoms with Crippen molar-refractivity contribution in [1.82, 2.24) is 0 Å². The van der Waals surface area contributed by atoms with Crippen LogP contribution in [0.25, 0.3) is 0 Å². The number of benzene rings is 1. The van der Waals surface area contributed by atoms with Gasteiger partial charge in [0.2, 0.25) is 0 Å². The maximum atomic E-state index is 2.41. The minimum atomic E-state index is 0.705. The van der Waals surface area contributed by atoms with Crippen LogP contribution in [-0.2, 0) is 38.5 Å². The van der Waals surface area contributed by atoms with Crippen LogP contribution in [0.2, 0.25) is 0 Å². The van der Waals surface area contributed by atoms with Crippen molar-refractivity contribution >= 4 is 0 Å². The van der Waals surface area contributed by atoms with E-state index < -0.39 is 0 Å². The van der Waals surface area contributed by atoms with Gasteiger partial charge in [0.1, 0.15) is 0 Å². The Morgan fingerprint density at radius 1 is 0.267 bits per heavy atom. The lowest BCUT2D eigenvalue weighted by molar-refractivity contribution is 0.556. The summed E-state index contributed by atoms with van der Waals surface area (Å²) in [5.74, 6) is 4.23. The van der Waals surface area contributed by atoms with Crippen molar-refractivity contribution in [3.05, 3.63) is 33.4 Å². The fraction of sp³-hybridized carbons (Fsp3) is 0.800. The first kappa shape index (κ1) is 27.3. The third kappa shape index (κ3) is 8.39. The zero-order valence-electron chi connectivity index (χ0n) is 22.7. The van der Waals surface area contributed by atoms with Crippen LogP contribution in [0.1, 0.15) is 116 Å². The molecule has 1 aromatic rings. The first-order chi connectivity index (χ1) is 13.8. The molecule has 0 aliphatic rings. The normalized spacial score (nSPS) is 12.6. The second-order valence-corrected chi connectivity index (χ2v) is 12.5. The summed E-state index contributed by atoms with van der Waals surface area (Å²) in [6.07, 6.45) is 7.43. The molecule has 0 nitrogen and oxygen atoms in total. The topological polar surface area (TPSA) is 0 Å². The van der Waals surface area contributed by atoms with E-state index in [2.05, 4.69) is 83.1 Å². The van der Waals surface area contributed by atoms with E-state index >= 15 is 0 Å². The Balaban J connectivity index is 4.05. The van der Waals surface area contributed by atoms with Gasteiger partial charge in [-0.25, -0.2) is 0 Å². The zero-order chi connectivity index (χ0) is 23.2. The molecule has 0 heterocycles. The van der Waals surface area contributed by atoms with Gasteiger partial charge in [0, 0.05) is 0 Å². The van der Waals surface area contributed by atoms with E-state index in [9.17, 15) is 0 Å². The molecule has 0 unspecified atom stereocenters. The Morgan fingerprint density at radius 3 is 0.433 bits per heavy atom. The van der Waals surface area contributed by atoms with Crippen molar-refractivity contribution in [3.8, 4) is 0 Å². The van der Waals surface area contributed by atoms with Crippen LogP contribution >= 0.6 is 0 Å². The predicted octanol–water partition coefficient (Wildman–Crippen LogP) is 8.88. The Hall–Kier alpha value is -0.780. The summed E-state index contributed by atoms with van der Waals surface area (Å²) >= 11 is 0. The molecule has 1 aromatic carbocycles. The molecule has 0 radical (unpaired) electrons. The van der Waals surface area contributed by atoms with E-state index in [1.165, 1.54) is 38.5 Å². The van der Waals surface area contributed by atoms with Crippen LogP contribution in [0.5, 0.6) is 0 Å². The molecule has 30 heavy (non-hydrogen) atoms. The van der Waals surface area contributed by atoms with Gasteiger partial charge in [0.25, 0.3) is 0 Å². The van der Waals surface area contributed by atoms with Crippen LogP contribution in [0.15, 0.2) is 0 Å². The predicted molar refractivity (Wildman–Crippen MR) is 138 cm³/mol. The molecule has 0 aliphatic heterocycles. The average Bonchev–Trinajstić information content (AvgIpc) is 2.55. The SMILES string of the molecule is CC(C)Cc1c(CC(C)C)c(CC(C)C)c(CC(C)C)c(CC(C)C)c1CC(C)C. The lowest BCUT2D eigenvalue weighted by atomic mass is 9.74. The molecule has 0 bridgehead atoms. The standard InChI is InChI=1S/C30H54/c1-19(2)13-25-26(14-20(3)4)28(16-22(7)8)30(18-24(11)12)29(17-23(9)10)27(25)15-21(5)6/h19-24H,13-18H2,1-12H3. The fourth-order valence-corrected chi connectivity index (χ4v) is 5.02. The van der Waals surface area contributed by atoms with Crippen LogP contribution in [0, 0.1) is 35.5 Å². The second-order valence-electron chi connectivity index (χ2n) is 12.5. The average molecular weight is 415 g/mol. The monoisotopic (exact) mass is 414 g/mol. The Kier molecular flexibility index (Phi) is 11.2. The van der Waals surface area contributed by atoms with Gasteiger partial charge in [-0.2, -0.15) is 0 Å². The van der Waals surface area contributed by atoms with Crippen molar-refractivity contribution < 1.29 is 0 Å². The van der Waals surface area contributed by atoms with Gasteiger partial charge in [-0.3, -0.25) is 0 Å². The summed E-state index contributed by atoms with van der Waals surface area (Å²) in [5.41, 5.74) is 10.5. The first-order valence-corrected chi connectivity index (χ1v) is 13.0. The minimum Gasteiger partial charge on any atom is -0.0625 e. The molecule has 0 fully saturated rings. The van der Waals surface area contributed by atoms with Gasteiger partial charge in [0.15, 0.2) is 0 Å². The highest BCUT2D eigenvalue weighted by molar-refractivity contribution is 5.53. The van der Waals surface area contributed by atoms with Crippen LogP contribution < -0.4 is 0 Å². The molecular formula is C30H54. The Morgan fingerprint density at radius 2 is 0.367 bits per heavy atom. The maximum absolute atomic E-state index is 2.41. The van der Waals surface area contributed by atoms with Crippen LogP contribution in [0.4, 0.5) is 0 Å². The van der Waals surface area contributed by atoms with E-state index in [-0.39, 0.29) is 0 Å². The summed E-state index contributed by atoms with van der Waals surface area (Å²) < 4.78 is 0. The van der Waals surface area contributed by atoms with E-state index in [1.54, 1.807) is 33.4 Å². The fourth-order valence-electron chi connectivity index (χ4n) is 5.02. The largest absolute Gasteiger partial charge is 0.0625 e. The van der Waals surface area contributed by atoms with Gasteiger partial charge in [-0.15, -0.1) is 0 Å². The van der Waals surface area contributed by atoms with Crippen LogP contribution in [-0.4, -0.2) is 0 Å². The highest BCUT2D eigenvalue weighted by Crippen LogP contribution is 2.37. The molecule has 0 saturated heterocycles. The molecule has 0 amide bonds. The quantitative estimate of drug-likeness (QED) is 0.320. The highest BCUT2D eigenvalue weighted by atomic mass is 14.3. The lowest BCUT2D eigenvalue weighted by Crippen LogP contribution is -2.20. The van der Waals surface area contributed by atoms with Gasteiger partial charge in [0.05, 0.1) is 0 Å². The Labute approximate surface area is 190 Å². The van der Waals surface area contributed by atoms with E-state index in [1.807, 2.05) is 0 Å². The third-order valence-corrected chi connectivity index (χ3v) is 5.86. The molecule has 0 aromatic heterocycles. The summed E-state index contributed by atoms with van der Waals surface area (Å²) in [5, 5.41) is 0. The number of hydrogen-bond acceptors (Lipinski definition) is 0. The zero-order valence-corrected chi connectivity index (χ0v) is 22.7. The maximum Gasteiger partial charge on any atom is -0.0250 e. The van der Waals surface area contributed by atoms with Gasteiger partial charge < -0.3 is 0 Å². The summed E-state index contributed by atoms with van der Waals surface area (Å²) in [7, 11) is 0. The van der Waals surface area contributed by atoms with Crippen molar-refractivity contribution in [2.24, 2.45) is 35.5 Å². The van der Waals surface area contributed by atoms with E-state index in [4.69, 9.17) is 0 Å². The van der Waals surface area contributed by atoms with Gasteiger partial charge in [-0.05, 0) is 107 Å². The Bertz CT molecular complexity index is 473. The van der Waals surface area contributed by atoms with E-state index in [0.717, 1.165) is 0 Å². The molecule has 0 aliphatic carbocycles. The number of rotatable bonds is 12. The molecule has 0 atom stereocenters. The van der Waals surface area contributed by atoms with Crippen molar-refractivity contribution in [2.75, 3.05) is 0 Å². The summed E-state index contributed by atoms with van der Waals surface area (Å²) in [6, 6.07) is 0. The summed E-state index contributed by atoms with van der Waals surface area (Å²) in [6.45, 7) is 28.9. The lowest BCUT2D eigenvalue weighted by Gasteiger charge is -2.31. The van der Waals surface area contributed by atoms with Crippen LogP contribution in [0.3, 0.4) is 0 Å². The van der Waals surface area contributed by atoms with Crippen molar-refractivity contribution in [3.63, 3.8) is 0 Å². The molecular weight excluding hydrogens is 360 g/mol. The third-order valence-electron chi connectivity index (χ3n) is 5.86. The second kappa shape index (κ2) is 12.3. The highest BCUT2D eigenvalue weighted by Gasteiger charge is 2.26. The van der Waals surface area contributed by atoms with Crippen molar-refractivity contribution in [1.29, 1.82) is 0 Å². The molecule has 1 rings (SSSR count). The molecule has 174 valence electrons. The van der Waals surface area contributed by atoms with E-state index in [0.29, 0.717) is 35.5 Å². The minimum absolute atomic E-state index is 0.705. The summed E-state index contributed by atoms with van der Waals surface area (Å²) in [4.78, 5) is 0. The molecule has 0 saturated carbocycles. The molecule has 0 spiro atoms. The first-order valence-electron chi connectivity index (χ1n) is 13.0. The van der Waals surface area contributed by atoms with Gasteiger partial charge in [-0.1, -0.05) is 83.1 Å². The molecule has 0 N–H and O–H groups in total. The molecule has 0 heteroatoms. The van der Waals surface area contributed by atoms with Crippen molar-refractivity contribution in [2.45, 2.75) is 122 Å². The number of hydrogen-bond donors (Lipinski definition) is 0. The smallest absolute Gasteiger partial charge is 0.0250 e. The van der Waals surface area contributed by atoms with Gasteiger partial charge >= 0.3 is 0 Å².